The maximum absolute atomic E-state index is 9.35. The van der Waals surface area contributed by atoms with Crippen LogP contribution in [0.1, 0.15) is 52.4 Å². The molecule has 0 radical (unpaired) electrons. The molecule has 2 nitrogen and oxygen atoms in total. The molecule has 0 aliphatic heterocycles. The minimum absolute atomic E-state index is 0.0875. The van der Waals surface area contributed by atoms with Crippen molar-refractivity contribution in [2.24, 2.45) is 5.92 Å². The van der Waals surface area contributed by atoms with Gasteiger partial charge in [-0.05, 0) is 45.1 Å². The van der Waals surface area contributed by atoms with E-state index in [1.165, 1.54) is 19.3 Å². The quantitative estimate of drug-likeness (QED) is 0.588. The van der Waals surface area contributed by atoms with Crippen LogP contribution < -0.4 is 5.32 Å². The van der Waals surface area contributed by atoms with Crippen molar-refractivity contribution in [2.45, 2.75) is 64.5 Å². The standard InChI is InChI=1S/C12H25NO/c1-3-12(14)5-4-8-13-10(2)9-11-6-7-11/h10-14H,3-9H2,1-2H3. The Labute approximate surface area is 88.1 Å². The Bertz CT molecular complexity index is 145. The number of aliphatic hydroxyl groups excluding tert-OH is 1. The molecule has 0 heterocycles. The normalized spacial score (nSPS) is 20.8. The molecule has 2 atom stereocenters. The molecule has 0 bridgehead atoms. The number of hydrogen-bond acceptors (Lipinski definition) is 2. The molecule has 1 aliphatic rings. The van der Waals surface area contributed by atoms with E-state index < -0.39 is 0 Å². The van der Waals surface area contributed by atoms with Crippen LogP contribution in [-0.4, -0.2) is 23.8 Å². The van der Waals surface area contributed by atoms with E-state index in [9.17, 15) is 5.11 Å². The second-order valence-electron chi connectivity index (χ2n) is 4.74. The number of rotatable bonds is 8. The van der Waals surface area contributed by atoms with E-state index in [1.54, 1.807) is 0 Å². The summed E-state index contributed by atoms with van der Waals surface area (Å²) in [6.07, 6.45) is 7.08. The summed E-state index contributed by atoms with van der Waals surface area (Å²) in [6, 6.07) is 0.668. The second kappa shape index (κ2) is 6.41. The molecule has 84 valence electrons. The van der Waals surface area contributed by atoms with Crippen molar-refractivity contribution >= 4 is 0 Å². The summed E-state index contributed by atoms with van der Waals surface area (Å²) in [6.45, 7) is 5.37. The molecule has 0 aromatic carbocycles. The van der Waals surface area contributed by atoms with E-state index in [0.717, 1.165) is 31.7 Å². The van der Waals surface area contributed by atoms with Crippen LogP contribution in [0.5, 0.6) is 0 Å². The highest BCUT2D eigenvalue weighted by molar-refractivity contribution is 4.77. The SMILES string of the molecule is CCC(O)CCCNC(C)CC1CC1. The van der Waals surface area contributed by atoms with E-state index in [0.29, 0.717) is 6.04 Å². The van der Waals surface area contributed by atoms with Gasteiger partial charge in [0.05, 0.1) is 6.10 Å². The van der Waals surface area contributed by atoms with Gasteiger partial charge in [-0.25, -0.2) is 0 Å². The Morgan fingerprint density at radius 3 is 2.71 bits per heavy atom. The Kier molecular flexibility index (Phi) is 5.49. The van der Waals surface area contributed by atoms with Gasteiger partial charge in [0.1, 0.15) is 0 Å². The van der Waals surface area contributed by atoms with E-state index in [1.807, 2.05) is 6.92 Å². The van der Waals surface area contributed by atoms with E-state index in [4.69, 9.17) is 0 Å². The summed E-state index contributed by atoms with van der Waals surface area (Å²) < 4.78 is 0. The fraction of sp³-hybridized carbons (Fsp3) is 1.00. The molecular formula is C12H25NO. The summed E-state index contributed by atoms with van der Waals surface area (Å²) in [5, 5.41) is 12.9. The van der Waals surface area contributed by atoms with Gasteiger partial charge in [-0.15, -0.1) is 0 Å². The van der Waals surface area contributed by atoms with E-state index in [2.05, 4.69) is 12.2 Å². The predicted molar refractivity (Wildman–Crippen MR) is 60.3 cm³/mol. The van der Waals surface area contributed by atoms with Crippen molar-refractivity contribution in [3.05, 3.63) is 0 Å². The van der Waals surface area contributed by atoms with Crippen molar-refractivity contribution in [3.8, 4) is 0 Å². The Morgan fingerprint density at radius 2 is 2.14 bits per heavy atom. The fourth-order valence-corrected chi connectivity index (χ4v) is 1.83. The third kappa shape index (κ3) is 5.61. The van der Waals surface area contributed by atoms with Crippen LogP contribution in [0, 0.1) is 5.92 Å². The first-order valence-electron chi connectivity index (χ1n) is 6.13. The maximum atomic E-state index is 9.35. The molecule has 0 amide bonds. The van der Waals surface area contributed by atoms with Crippen molar-refractivity contribution in [1.29, 1.82) is 0 Å². The smallest absolute Gasteiger partial charge is 0.0538 e. The lowest BCUT2D eigenvalue weighted by molar-refractivity contribution is 0.157. The summed E-state index contributed by atoms with van der Waals surface area (Å²) in [7, 11) is 0. The van der Waals surface area contributed by atoms with Gasteiger partial charge in [0.25, 0.3) is 0 Å². The Morgan fingerprint density at radius 1 is 1.43 bits per heavy atom. The molecule has 0 aromatic rings. The molecule has 2 unspecified atom stereocenters. The van der Waals surface area contributed by atoms with Crippen LogP contribution in [0.2, 0.25) is 0 Å². The van der Waals surface area contributed by atoms with Gasteiger partial charge in [-0.2, -0.15) is 0 Å². The highest BCUT2D eigenvalue weighted by Crippen LogP contribution is 2.33. The third-order valence-electron chi connectivity index (χ3n) is 3.06. The van der Waals surface area contributed by atoms with Crippen LogP contribution in [0.4, 0.5) is 0 Å². The van der Waals surface area contributed by atoms with Gasteiger partial charge in [-0.3, -0.25) is 0 Å². The molecule has 0 saturated heterocycles. The van der Waals surface area contributed by atoms with Crippen molar-refractivity contribution in [3.63, 3.8) is 0 Å². The lowest BCUT2D eigenvalue weighted by Crippen LogP contribution is -2.28. The second-order valence-corrected chi connectivity index (χ2v) is 4.74. The predicted octanol–water partition coefficient (Wildman–Crippen LogP) is 2.32. The average molecular weight is 199 g/mol. The molecule has 1 aliphatic carbocycles. The van der Waals surface area contributed by atoms with Crippen molar-refractivity contribution < 1.29 is 5.11 Å². The number of nitrogens with one attached hydrogen (secondary N) is 1. The molecule has 14 heavy (non-hydrogen) atoms. The topological polar surface area (TPSA) is 32.3 Å². The van der Waals surface area contributed by atoms with Gasteiger partial charge >= 0.3 is 0 Å². The summed E-state index contributed by atoms with van der Waals surface area (Å²) in [5.74, 6) is 1.01. The van der Waals surface area contributed by atoms with Gasteiger partial charge in [0, 0.05) is 6.04 Å². The van der Waals surface area contributed by atoms with Crippen LogP contribution in [-0.2, 0) is 0 Å². The highest BCUT2D eigenvalue weighted by atomic mass is 16.3. The monoisotopic (exact) mass is 199 g/mol. The lowest BCUT2D eigenvalue weighted by atomic mass is 10.1. The fourth-order valence-electron chi connectivity index (χ4n) is 1.83. The largest absolute Gasteiger partial charge is 0.393 e. The highest BCUT2D eigenvalue weighted by Gasteiger charge is 2.22. The van der Waals surface area contributed by atoms with E-state index >= 15 is 0 Å². The lowest BCUT2D eigenvalue weighted by Gasteiger charge is -2.14. The molecule has 0 spiro atoms. The molecule has 2 N–H and O–H groups in total. The Balaban J connectivity index is 1.86. The zero-order valence-electron chi connectivity index (χ0n) is 9.63. The maximum Gasteiger partial charge on any atom is 0.0538 e. The van der Waals surface area contributed by atoms with Crippen LogP contribution >= 0.6 is 0 Å². The minimum atomic E-state index is -0.0875. The van der Waals surface area contributed by atoms with E-state index in [-0.39, 0.29) is 6.10 Å². The van der Waals surface area contributed by atoms with Crippen molar-refractivity contribution in [2.75, 3.05) is 6.54 Å². The molecular weight excluding hydrogens is 174 g/mol. The summed E-state index contributed by atoms with van der Waals surface area (Å²) in [4.78, 5) is 0. The third-order valence-corrected chi connectivity index (χ3v) is 3.06. The average Bonchev–Trinajstić information content (AvgIpc) is 2.95. The summed E-state index contributed by atoms with van der Waals surface area (Å²) >= 11 is 0. The van der Waals surface area contributed by atoms with Gasteiger partial charge in [-0.1, -0.05) is 19.8 Å². The number of aliphatic hydroxyl groups is 1. The first-order valence-corrected chi connectivity index (χ1v) is 6.13. The minimum Gasteiger partial charge on any atom is -0.393 e. The first kappa shape index (κ1) is 12.0. The molecule has 1 rings (SSSR count). The molecule has 1 fully saturated rings. The van der Waals surface area contributed by atoms with Crippen LogP contribution in [0.3, 0.4) is 0 Å². The molecule has 1 saturated carbocycles. The Hall–Kier alpha value is -0.0800. The van der Waals surface area contributed by atoms with Crippen LogP contribution in [0.15, 0.2) is 0 Å². The zero-order valence-corrected chi connectivity index (χ0v) is 9.63. The molecule has 0 aromatic heterocycles. The summed E-state index contributed by atoms with van der Waals surface area (Å²) in [5.41, 5.74) is 0. The molecule has 2 heteroatoms. The number of hydrogen-bond donors (Lipinski definition) is 2. The van der Waals surface area contributed by atoms with Crippen molar-refractivity contribution in [1.82, 2.24) is 5.32 Å². The zero-order chi connectivity index (χ0) is 10.4. The first-order chi connectivity index (χ1) is 6.72. The van der Waals surface area contributed by atoms with Gasteiger partial charge in [0.15, 0.2) is 0 Å². The van der Waals surface area contributed by atoms with Gasteiger partial charge in [0.2, 0.25) is 0 Å². The van der Waals surface area contributed by atoms with Gasteiger partial charge < -0.3 is 10.4 Å². The van der Waals surface area contributed by atoms with Crippen LogP contribution in [0.25, 0.3) is 0 Å².